The van der Waals surface area contributed by atoms with E-state index in [1.54, 1.807) is 23.6 Å². The predicted octanol–water partition coefficient (Wildman–Crippen LogP) is 4.12. The second kappa shape index (κ2) is 5.85. The normalized spacial score (nSPS) is 10.2. The van der Waals surface area contributed by atoms with Crippen molar-refractivity contribution in [2.24, 2.45) is 0 Å². The van der Waals surface area contributed by atoms with Gasteiger partial charge in [0.25, 0.3) is 0 Å². The van der Waals surface area contributed by atoms with Gasteiger partial charge in [0.2, 0.25) is 5.88 Å². The van der Waals surface area contributed by atoms with Crippen LogP contribution in [0.15, 0.2) is 48.2 Å². The van der Waals surface area contributed by atoms with E-state index >= 15 is 0 Å². The number of nitrogens with one attached hydrogen (secondary N) is 1. The SMILES string of the molecule is Clc1cc(Oc2ccc(Nc3nccs3)cc2)ncn1. The molecule has 5 nitrogen and oxygen atoms in total. The quantitative estimate of drug-likeness (QED) is 0.735. The summed E-state index contributed by atoms with van der Waals surface area (Å²) in [5.74, 6) is 1.08. The van der Waals surface area contributed by atoms with E-state index in [0.29, 0.717) is 16.8 Å². The summed E-state index contributed by atoms with van der Waals surface area (Å²) in [6.07, 6.45) is 3.11. The van der Waals surface area contributed by atoms with E-state index in [1.165, 1.54) is 6.33 Å². The second-order valence-corrected chi connectivity index (χ2v) is 5.05. The summed E-state index contributed by atoms with van der Waals surface area (Å²) in [5.41, 5.74) is 0.938. The van der Waals surface area contributed by atoms with Crippen molar-refractivity contribution < 1.29 is 4.74 Å². The van der Waals surface area contributed by atoms with Crippen LogP contribution in [0.3, 0.4) is 0 Å². The fourth-order valence-corrected chi connectivity index (χ4v) is 2.19. The summed E-state index contributed by atoms with van der Waals surface area (Å²) in [6, 6.07) is 9.04. The standard InChI is InChI=1S/C13H9ClN4OS/c14-11-7-12(17-8-16-11)19-10-3-1-9(2-4-10)18-13-15-5-6-20-13/h1-8H,(H,15,18). The second-order valence-electron chi connectivity index (χ2n) is 3.77. The minimum Gasteiger partial charge on any atom is -0.439 e. The van der Waals surface area contributed by atoms with Gasteiger partial charge in [-0.05, 0) is 24.3 Å². The zero-order valence-electron chi connectivity index (χ0n) is 10.2. The van der Waals surface area contributed by atoms with Crippen LogP contribution in [0.5, 0.6) is 11.6 Å². The fourth-order valence-electron chi connectivity index (χ4n) is 1.51. The van der Waals surface area contributed by atoms with E-state index in [-0.39, 0.29) is 0 Å². The Morgan fingerprint density at radius 2 is 1.95 bits per heavy atom. The maximum atomic E-state index is 5.77. The van der Waals surface area contributed by atoms with Crippen molar-refractivity contribution in [1.82, 2.24) is 15.0 Å². The summed E-state index contributed by atoms with van der Waals surface area (Å²) in [4.78, 5) is 11.9. The van der Waals surface area contributed by atoms with Crippen LogP contribution in [0.4, 0.5) is 10.8 Å². The molecule has 1 N–H and O–H groups in total. The number of anilines is 2. The molecular weight excluding hydrogens is 296 g/mol. The highest BCUT2D eigenvalue weighted by molar-refractivity contribution is 7.13. The maximum Gasteiger partial charge on any atom is 0.223 e. The molecule has 0 saturated heterocycles. The van der Waals surface area contributed by atoms with Crippen molar-refractivity contribution in [3.8, 4) is 11.6 Å². The number of aromatic nitrogens is 3. The number of ether oxygens (including phenoxy) is 1. The molecule has 3 aromatic rings. The van der Waals surface area contributed by atoms with E-state index in [9.17, 15) is 0 Å². The first kappa shape index (κ1) is 12.8. The third-order valence-electron chi connectivity index (χ3n) is 2.37. The van der Waals surface area contributed by atoms with Crippen molar-refractivity contribution in [1.29, 1.82) is 0 Å². The highest BCUT2D eigenvalue weighted by atomic mass is 35.5. The van der Waals surface area contributed by atoms with Gasteiger partial charge in [-0.3, -0.25) is 0 Å². The highest BCUT2D eigenvalue weighted by Crippen LogP contribution is 2.24. The van der Waals surface area contributed by atoms with E-state index in [0.717, 1.165) is 10.8 Å². The molecule has 0 atom stereocenters. The average Bonchev–Trinajstić information content (AvgIpc) is 2.94. The number of hydrogen-bond acceptors (Lipinski definition) is 6. The smallest absolute Gasteiger partial charge is 0.223 e. The van der Waals surface area contributed by atoms with Crippen LogP contribution in [0, 0.1) is 0 Å². The lowest BCUT2D eigenvalue weighted by atomic mass is 10.3. The van der Waals surface area contributed by atoms with Crippen LogP contribution in [0.2, 0.25) is 5.15 Å². The van der Waals surface area contributed by atoms with Crippen LogP contribution in [-0.4, -0.2) is 15.0 Å². The van der Waals surface area contributed by atoms with Gasteiger partial charge < -0.3 is 10.1 Å². The molecule has 1 aromatic carbocycles. The minimum absolute atomic E-state index is 0.344. The first-order chi connectivity index (χ1) is 9.79. The van der Waals surface area contributed by atoms with E-state index in [4.69, 9.17) is 16.3 Å². The lowest BCUT2D eigenvalue weighted by molar-refractivity contribution is 0.461. The van der Waals surface area contributed by atoms with Crippen LogP contribution < -0.4 is 10.1 Å². The van der Waals surface area contributed by atoms with Crippen LogP contribution in [0.1, 0.15) is 0 Å². The molecule has 0 spiro atoms. The third kappa shape index (κ3) is 3.23. The van der Waals surface area contributed by atoms with Gasteiger partial charge in [0.05, 0.1) is 0 Å². The summed E-state index contributed by atoms with van der Waals surface area (Å²) in [5, 5.41) is 6.30. The molecule has 7 heteroatoms. The Kier molecular flexibility index (Phi) is 3.76. The van der Waals surface area contributed by atoms with Crippen molar-refractivity contribution in [2.75, 3.05) is 5.32 Å². The summed E-state index contributed by atoms with van der Waals surface area (Å²) in [7, 11) is 0. The molecule has 0 unspecified atom stereocenters. The van der Waals surface area contributed by atoms with Crippen LogP contribution in [0.25, 0.3) is 0 Å². The summed E-state index contributed by atoms with van der Waals surface area (Å²) < 4.78 is 5.57. The molecule has 0 radical (unpaired) electrons. The third-order valence-corrected chi connectivity index (χ3v) is 3.26. The van der Waals surface area contributed by atoms with Crippen LogP contribution >= 0.6 is 22.9 Å². The number of hydrogen-bond donors (Lipinski definition) is 1. The largest absolute Gasteiger partial charge is 0.439 e. The van der Waals surface area contributed by atoms with E-state index in [1.807, 2.05) is 29.6 Å². The monoisotopic (exact) mass is 304 g/mol. The summed E-state index contributed by atoms with van der Waals surface area (Å²) in [6.45, 7) is 0. The molecule has 0 amide bonds. The predicted molar refractivity (Wildman–Crippen MR) is 79.0 cm³/mol. The van der Waals surface area contributed by atoms with Gasteiger partial charge in [0.1, 0.15) is 17.2 Å². The maximum absolute atomic E-state index is 5.77. The Morgan fingerprint density at radius 1 is 1.10 bits per heavy atom. The molecule has 20 heavy (non-hydrogen) atoms. The Morgan fingerprint density at radius 3 is 2.65 bits per heavy atom. The number of rotatable bonds is 4. The van der Waals surface area contributed by atoms with Gasteiger partial charge >= 0.3 is 0 Å². The molecule has 0 aliphatic carbocycles. The molecule has 2 aromatic heterocycles. The topological polar surface area (TPSA) is 59.9 Å². The Bertz CT molecular complexity index is 688. The van der Waals surface area contributed by atoms with Gasteiger partial charge in [-0.1, -0.05) is 11.6 Å². The number of halogens is 1. The first-order valence-corrected chi connectivity index (χ1v) is 6.97. The molecule has 100 valence electrons. The fraction of sp³-hybridized carbons (Fsp3) is 0. The van der Waals surface area contributed by atoms with Crippen molar-refractivity contribution in [2.45, 2.75) is 0 Å². The number of nitrogens with zero attached hydrogens (tertiary/aromatic N) is 3. The molecule has 2 heterocycles. The molecule has 0 aliphatic rings. The zero-order chi connectivity index (χ0) is 13.8. The van der Waals surface area contributed by atoms with Gasteiger partial charge in [0.15, 0.2) is 5.13 Å². The van der Waals surface area contributed by atoms with E-state index in [2.05, 4.69) is 20.3 Å². The Hall–Kier alpha value is -2.18. The van der Waals surface area contributed by atoms with Gasteiger partial charge in [-0.2, -0.15) is 0 Å². The Labute approximate surface area is 124 Å². The van der Waals surface area contributed by atoms with E-state index < -0.39 is 0 Å². The molecule has 0 aliphatic heterocycles. The van der Waals surface area contributed by atoms with Crippen molar-refractivity contribution in [3.63, 3.8) is 0 Å². The molecule has 0 saturated carbocycles. The lowest BCUT2D eigenvalue weighted by Crippen LogP contribution is -1.91. The zero-order valence-corrected chi connectivity index (χ0v) is 11.7. The highest BCUT2D eigenvalue weighted by Gasteiger charge is 2.01. The van der Waals surface area contributed by atoms with Gasteiger partial charge in [-0.25, -0.2) is 15.0 Å². The molecule has 0 bridgehead atoms. The Balaban J connectivity index is 1.70. The van der Waals surface area contributed by atoms with Crippen LogP contribution in [-0.2, 0) is 0 Å². The van der Waals surface area contributed by atoms with Crippen molar-refractivity contribution in [3.05, 3.63) is 53.4 Å². The average molecular weight is 305 g/mol. The minimum atomic E-state index is 0.344. The number of thiazole rings is 1. The van der Waals surface area contributed by atoms with Crippen molar-refractivity contribution >= 4 is 33.8 Å². The first-order valence-electron chi connectivity index (χ1n) is 5.71. The molecular formula is C13H9ClN4OS. The summed E-state index contributed by atoms with van der Waals surface area (Å²) >= 11 is 7.31. The molecule has 0 fully saturated rings. The lowest BCUT2D eigenvalue weighted by Gasteiger charge is -2.06. The van der Waals surface area contributed by atoms with Gasteiger partial charge in [0, 0.05) is 23.3 Å². The molecule has 3 rings (SSSR count). The van der Waals surface area contributed by atoms with Gasteiger partial charge in [-0.15, -0.1) is 11.3 Å². The number of benzene rings is 1.